The Morgan fingerprint density at radius 2 is 1.75 bits per heavy atom. The summed E-state index contributed by atoms with van der Waals surface area (Å²) in [6.45, 7) is 4.43. The third-order valence-corrected chi connectivity index (χ3v) is 4.58. The fourth-order valence-corrected chi connectivity index (χ4v) is 2.81. The van der Waals surface area contributed by atoms with Crippen LogP contribution in [0.3, 0.4) is 0 Å². The molecule has 8 heteroatoms. The van der Waals surface area contributed by atoms with E-state index in [4.69, 9.17) is 28.4 Å². The second kappa shape index (κ2) is 6.89. The molecular weight excluding hydrogens is 320 g/mol. The zero-order valence-electron chi connectivity index (χ0n) is 14.8. The summed E-state index contributed by atoms with van der Waals surface area (Å²) in [6.07, 6.45) is -0.647. The third-order valence-electron chi connectivity index (χ3n) is 4.58. The molecule has 0 unspecified atom stereocenters. The van der Waals surface area contributed by atoms with Crippen LogP contribution in [0.1, 0.15) is 20.8 Å². The van der Waals surface area contributed by atoms with Gasteiger partial charge in [-0.25, -0.2) is 0 Å². The van der Waals surface area contributed by atoms with E-state index in [9.17, 15) is 9.59 Å². The van der Waals surface area contributed by atoms with Crippen molar-refractivity contribution in [1.29, 1.82) is 0 Å². The first-order valence-electron chi connectivity index (χ1n) is 7.58. The fourth-order valence-electron chi connectivity index (χ4n) is 2.81. The highest BCUT2D eigenvalue weighted by Crippen LogP contribution is 2.42. The molecule has 24 heavy (non-hydrogen) atoms. The minimum absolute atomic E-state index is 0.147. The largest absolute Gasteiger partial charge is 0.461 e. The Kier molecular flexibility index (Phi) is 5.46. The molecule has 0 radical (unpaired) electrons. The Labute approximate surface area is 141 Å². The van der Waals surface area contributed by atoms with Crippen LogP contribution in [0.25, 0.3) is 0 Å². The summed E-state index contributed by atoms with van der Waals surface area (Å²) in [7, 11) is 4.40. The number of ether oxygens (including phenoxy) is 6. The number of ketones is 1. The fraction of sp³-hybridized carbons (Fsp3) is 0.750. The van der Waals surface area contributed by atoms with E-state index in [1.165, 1.54) is 28.3 Å². The lowest BCUT2D eigenvalue weighted by atomic mass is 9.88. The number of fused-ring (bicyclic) bond motifs is 1. The predicted molar refractivity (Wildman–Crippen MR) is 81.1 cm³/mol. The van der Waals surface area contributed by atoms with E-state index in [0.29, 0.717) is 5.57 Å². The molecule has 1 heterocycles. The van der Waals surface area contributed by atoms with Crippen molar-refractivity contribution in [3.63, 3.8) is 0 Å². The van der Waals surface area contributed by atoms with Crippen LogP contribution < -0.4 is 0 Å². The van der Waals surface area contributed by atoms with E-state index in [1.807, 2.05) is 0 Å². The summed E-state index contributed by atoms with van der Waals surface area (Å²) in [5.41, 5.74) is 0.293. The molecule has 0 N–H and O–H groups in total. The van der Waals surface area contributed by atoms with Crippen molar-refractivity contribution in [2.45, 2.75) is 50.7 Å². The summed E-state index contributed by atoms with van der Waals surface area (Å²) in [4.78, 5) is 23.7. The van der Waals surface area contributed by atoms with Crippen LogP contribution >= 0.6 is 0 Å². The van der Waals surface area contributed by atoms with Crippen molar-refractivity contribution in [3.8, 4) is 0 Å². The Balaban J connectivity index is 2.35. The lowest BCUT2D eigenvalue weighted by molar-refractivity contribution is -0.447. The molecule has 1 saturated heterocycles. The topological polar surface area (TPSA) is 89.5 Å². The highest BCUT2D eigenvalue weighted by Gasteiger charge is 2.60. The van der Waals surface area contributed by atoms with Gasteiger partial charge in [-0.15, -0.1) is 0 Å². The zero-order valence-corrected chi connectivity index (χ0v) is 14.8. The first-order chi connectivity index (χ1) is 11.2. The van der Waals surface area contributed by atoms with Gasteiger partial charge in [-0.05, 0) is 19.9 Å². The Morgan fingerprint density at radius 1 is 1.17 bits per heavy atom. The second-order valence-electron chi connectivity index (χ2n) is 5.96. The summed E-state index contributed by atoms with van der Waals surface area (Å²) in [5.74, 6) is -3.35. The molecule has 5 atom stereocenters. The average Bonchev–Trinajstić information content (AvgIpc) is 2.56. The smallest absolute Gasteiger partial charge is 0.302 e. The van der Waals surface area contributed by atoms with Gasteiger partial charge in [-0.2, -0.15) is 0 Å². The molecule has 0 aromatic carbocycles. The number of methoxy groups -OCH3 is 3. The van der Waals surface area contributed by atoms with Crippen LogP contribution in [0.5, 0.6) is 0 Å². The van der Waals surface area contributed by atoms with Gasteiger partial charge in [0.15, 0.2) is 11.9 Å². The van der Waals surface area contributed by atoms with Gasteiger partial charge in [0.2, 0.25) is 11.6 Å². The molecule has 1 aliphatic carbocycles. The summed E-state index contributed by atoms with van der Waals surface area (Å²) >= 11 is 0. The number of Topliss-reactive ketones (excluding diaryl/α,β-unsaturated/α-hetero) is 1. The Bertz CT molecular complexity index is 544. The molecule has 1 fully saturated rings. The van der Waals surface area contributed by atoms with Crippen LogP contribution in [0.15, 0.2) is 11.6 Å². The van der Waals surface area contributed by atoms with E-state index in [2.05, 4.69) is 0 Å². The summed E-state index contributed by atoms with van der Waals surface area (Å²) in [5, 5.41) is 0. The molecule has 0 amide bonds. The Morgan fingerprint density at radius 3 is 2.25 bits per heavy atom. The quantitative estimate of drug-likeness (QED) is 0.669. The standard InChI is InChI=1S/C16H24O8/c1-9(17)22-8-10-7-11(19-4)13-14(12(10)18)24-16(3,21-6)15(2,20-5)23-13/h7,11,13-14H,8H2,1-6H3/t11-,13-,14-,15+,16+/m0/s1. The molecule has 0 aromatic heterocycles. The van der Waals surface area contributed by atoms with Crippen molar-refractivity contribution in [1.82, 2.24) is 0 Å². The molecule has 2 rings (SSSR count). The lowest BCUT2D eigenvalue weighted by Gasteiger charge is -2.53. The highest BCUT2D eigenvalue weighted by atomic mass is 16.8. The monoisotopic (exact) mass is 344 g/mol. The first kappa shape index (κ1) is 19.0. The average molecular weight is 344 g/mol. The van der Waals surface area contributed by atoms with Crippen LogP contribution in [0.4, 0.5) is 0 Å². The molecule has 136 valence electrons. The number of rotatable bonds is 5. The minimum Gasteiger partial charge on any atom is -0.461 e. The normalized spacial score (nSPS) is 39.2. The van der Waals surface area contributed by atoms with Gasteiger partial charge < -0.3 is 28.4 Å². The van der Waals surface area contributed by atoms with Crippen LogP contribution in [-0.4, -0.2) is 69.6 Å². The molecule has 0 aromatic rings. The molecule has 1 aliphatic heterocycles. The molecule has 0 bridgehead atoms. The van der Waals surface area contributed by atoms with Crippen molar-refractivity contribution >= 4 is 11.8 Å². The number of esters is 1. The molecular formula is C16H24O8. The lowest BCUT2D eigenvalue weighted by Crippen LogP contribution is -2.69. The number of carbonyl (C=O) groups excluding carboxylic acids is 2. The summed E-state index contributed by atoms with van der Waals surface area (Å²) in [6, 6.07) is 0. The van der Waals surface area contributed by atoms with Crippen LogP contribution in [0.2, 0.25) is 0 Å². The van der Waals surface area contributed by atoms with Crippen LogP contribution in [0, 0.1) is 0 Å². The first-order valence-corrected chi connectivity index (χ1v) is 7.58. The van der Waals surface area contributed by atoms with E-state index in [-0.39, 0.29) is 12.4 Å². The number of carbonyl (C=O) groups is 2. The third kappa shape index (κ3) is 3.12. The van der Waals surface area contributed by atoms with Crippen molar-refractivity contribution < 1.29 is 38.0 Å². The SMILES string of the molecule is CO[C@H]1C=C(COC(C)=O)C(=O)[C@@H]2O[C@@](C)(OC)[C@](C)(OC)O[C@@H]12. The van der Waals surface area contributed by atoms with Gasteiger partial charge in [-0.1, -0.05) is 0 Å². The van der Waals surface area contributed by atoms with Gasteiger partial charge in [0.1, 0.15) is 18.8 Å². The number of hydrogen-bond donors (Lipinski definition) is 0. The van der Waals surface area contributed by atoms with Crippen molar-refractivity contribution in [3.05, 3.63) is 11.6 Å². The molecule has 0 spiro atoms. The number of hydrogen-bond acceptors (Lipinski definition) is 8. The van der Waals surface area contributed by atoms with Gasteiger partial charge in [0.25, 0.3) is 0 Å². The van der Waals surface area contributed by atoms with Gasteiger partial charge in [0, 0.05) is 33.8 Å². The zero-order chi connectivity index (χ0) is 18.1. The van der Waals surface area contributed by atoms with E-state index < -0.39 is 35.9 Å². The minimum atomic E-state index is -1.30. The predicted octanol–water partition coefficient (Wildman–Crippen LogP) is 0.583. The van der Waals surface area contributed by atoms with Crippen molar-refractivity contribution in [2.24, 2.45) is 0 Å². The van der Waals surface area contributed by atoms with E-state index in [0.717, 1.165) is 0 Å². The van der Waals surface area contributed by atoms with Crippen molar-refractivity contribution in [2.75, 3.05) is 27.9 Å². The highest BCUT2D eigenvalue weighted by molar-refractivity contribution is 6.01. The maximum Gasteiger partial charge on any atom is 0.302 e. The Hall–Kier alpha value is -1.32. The maximum atomic E-state index is 12.7. The second-order valence-corrected chi connectivity index (χ2v) is 5.96. The molecule has 8 nitrogen and oxygen atoms in total. The van der Waals surface area contributed by atoms with Gasteiger partial charge in [0.05, 0.1) is 0 Å². The van der Waals surface area contributed by atoms with E-state index in [1.54, 1.807) is 19.9 Å². The molecule has 0 saturated carbocycles. The maximum absolute atomic E-state index is 12.7. The van der Waals surface area contributed by atoms with Gasteiger partial charge >= 0.3 is 5.97 Å². The summed E-state index contributed by atoms with van der Waals surface area (Å²) < 4.78 is 33.1. The molecule has 2 aliphatic rings. The van der Waals surface area contributed by atoms with Gasteiger partial charge in [-0.3, -0.25) is 9.59 Å². The van der Waals surface area contributed by atoms with E-state index >= 15 is 0 Å². The van der Waals surface area contributed by atoms with Crippen LogP contribution in [-0.2, 0) is 38.0 Å².